The number of nitrogens with zero attached hydrogens (tertiary/aromatic N) is 3. The van der Waals surface area contributed by atoms with Crippen LogP contribution in [0.25, 0.3) is 0 Å². The van der Waals surface area contributed by atoms with E-state index in [1.54, 1.807) is 7.11 Å². The third-order valence-corrected chi connectivity index (χ3v) is 3.89. The highest BCUT2D eigenvalue weighted by Gasteiger charge is 2.14. The molecule has 2 N–H and O–H groups in total. The molecular formula is C15H25N5OS. The minimum Gasteiger partial charge on any atom is -0.385 e. The molecule has 0 saturated carbocycles. The van der Waals surface area contributed by atoms with Gasteiger partial charge in [-0.15, -0.1) is 0 Å². The molecule has 1 aromatic rings. The summed E-state index contributed by atoms with van der Waals surface area (Å²) < 4.78 is 5.00. The van der Waals surface area contributed by atoms with Crippen LogP contribution >= 0.6 is 12.2 Å². The molecule has 0 spiro atoms. The molecule has 0 aliphatic carbocycles. The molecule has 1 aromatic heterocycles. The molecule has 0 aromatic carbocycles. The largest absolute Gasteiger partial charge is 0.385 e. The van der Waals surface area contributed by atoms with Crippen molar-refractivity contribution in [3.63, 3.8) is 0 Å². The van der Waals surface area contributed by atoms with Crippen LogP contribution in [0, 0.1) is 0 Å². The Hall–Kier alpha value is -1.44. The van der Waals surface area contributed by atoms with Gasteiger partial charge in [0.2, 0.25) is 0 Å². The third kappa shape index (κ3) is 5.40. The average Bonchev–Trinajstić information content (AvgIpc) is 2.53. The highest BCUT2D eigenvalue weighted by atomic mass is 32.1. The molecule has 0 atom stereocenters. The molecule has 1 aliphatic rings. The molecule has 22 heavy (non-hydrogen) atoms. The monoisotopic (exact) mass is 323 g/mol. The molecular weight excluding hydrogens is 298 g/mol. The number of anilines is 2. The number of piperazine rings is 1. The summed E-state index contributed by atoms with van der Waals surface area (Å²) in [6, 6.07) is 4.06. The van der Waals surface area contributed by atoms with Crippen molar-refractivity contribution >= 4 is 28.8 Å². The first-order chi connectivity index (χ1) is 10.7. The van der Waals surface area contributed by atoms with Gasteiger partial charge in [0.05, 0.1) is 11.9 Å². The fourth-order valence-electron chi connectivity index (χ4n) is 2.28. The first-order valence-corrected chi connectivity index (χ1v) is 8.03. The molecule has 1 fully saturated rings. The van der Waals surface area contributed by atoms with Crippen molar-refractivity contribution in [3.05, 3.63) is 18.3 Å². The van der Waals surface area contributed by atoms with Gasteiger partial charge >= 0.3 is 0 Å². The zero-order valence-electron chi connectivity index (χ0n) is 13.3. The smallest absolute Gasteiger partial charge is 0.170 e. The molecule has 0 bridgehead atoms. The molecule has 1 aliphatic heterocycles. The van der Waals surface area contributed by atoms with Crippen molar-refractivity contribution in [1.29, 1.82) is 0 Å². The van der Waals surface area contributed by atoms with Gasteiger partial charge < -0.3 is 25.2 Å². The first kappa shape index (κ1) is 16.9. The Balaban J connectivity index is 1.78. The van der Waals surface area contributed by atoms with Crippen molar-refractivity contribution in [2.24, 2.45) is 0 Å². The van der Waals surface area contributed by atoms with Crippen LogP contribution < -0.4 is 15.5 Å². The summed E-state index contributed by atoms with van der Waals surface area (Å²) in [5, 5.41) is 6.91. The summed E-state index contributed by atoms with van der Waals surface area (Å²) in [6.45, 7) is 5.74. The molecule has 0 amide bonds. The number of rotatable bonds is 6. The lowest BCUT2D eigenvalue weighted by molar-refractivity contribution is 0.196. The minimum atomic E-state index is 0.616. The van der Waals surface area contributed by atoms with E-state index in [0.717, 1.165) is 57.3 Å². The van der Waals surface area contributed by atoms with Gasteiger partial charge in [0.25, 0.3) is 0 Å². The zero-order chi connectivity index (χ0) is 15.8. The van der Waals surface area contributed by atoms with Gasteiger partial charge in [-0.25, -0.2) is 4.98 Å². The van der Waals surface area contributed by atoms with E-state index < -0.39 is 0 Å². The second-order valence-corrected chi connectivity index (χ2v) is 5.83. The van der Waals surface area contributed by atoms with Crippen molar-refractivity contribution in [3.8, 4) is 0 Å². The van der Waals surface area contributed by atoms with Crippen LogP contribution in [0.1, 0.15) is 6.42 Å². The second kappa shape index (κ2) is 8.87. The molecule has 0 radical (unpaired) electrons. The van der Waals surface area contributed by atoms with Crippen LogP contribution in [0.4, 0.5) is 11.5 Å². The van der Waals surface area contributed by atoms with E-state index in [9.17, 15) is 0 Å². The van der Waals surface area contributed by atoms with E-state index in [4.69, 9.17) is 17.0 Å². The van der Waals surface area contributed by atoms with Crippen molar-refractivity contribution in [2.75, 3.05) is 63.7 Å². The maximum Gasteiger partial charge on any atom is 0.170 e. The number of thiocarbonyl (C=S) groups is 1. The van der Waals surface area contributed by atoms with Crippen molar-refractivity contribution < 1.29 is 4.74 Å². The molecule has 2 rings (SSSR count). The molecule has 6 nitrogen and oxygen atoms in total. The van der Waals surface area contributed by atoms with Gasteiger partial charge in [-0.1, -0.05) is 0 Å². The third-order valence-electron chi connectivity index (χ3n) is 3.64. The predicted molar refractivity (Wildman–Crippen MR) is 94.7 cm³/mol. The number of pyridine rings is 1. The van der Waals surface area contributed by atoms with E-state index in [2.05, 4.69) is 32.5 Å². The fraction of sp³-hybridized carbons (Fsp3) is 0.600. The van der Waals surface area contributed by atoms with Gasteiger partial charge in [-0.05, 0) is 37.8 Å². The van der Waals surface area contributed by atoms with Crippen molar-refractivity contribution in [2.45, 2.75) is 6.42 Å². The molecule has 2 heterocycles. The number of hydrogen-bond donors (Lipinski definition) is 2. The number of hydrogen-bond acceptors (Lipinski definition) is 5. The maximum absolute atomic E-state index is 5.25. The normalized spacial score (nSPS) is 15.6. The van der Waals surface area contributed by atoms with Gasteiger partial charge in [0.15, 0.2) is 5.11 Å². The number of methoxy groups -OCH3 is 1. The Morgan fingerprint density at radius 2 is 2.09 bits per heavy atom. The van der Waals surface area contributed by atoms with E-state index in [1.165, 1.54) is 0 Å². The Bertz CT molecular complexity index is 460. The van der Waals surface area contributed by atoms with Crippen LogP contribution in [0.5, 0.6) is 0 Å². The Morgan fingerprint density at radius 1 is 1.32 bits per heavy atom. The first-order valence-electron chi connectivity index (χ1n) is 7.62. The zero-order valence-corrected chi connectivity index (χ0v) is 14.2. The van der Waals surface area contributed by atoms with Crippen LogP contribution in [0.3, 0.4) is 0 Å². The Morgan fingerprint density at radius 3 is 2.73 bits per heavy atom. The van der Waals surface area contributed by atoms with E-state index in [1.807, 2.05) is 18.3 Å². The standard InChI is InChI=1S/C15H25N5OS/c1-19-7-9-20(10-8-19)14-5-4-13(12-17-14)18-15(22)16-6-3-11-21-2/h4-5,12H,3,6-11H2,1-2H3,(H2,16,18,22). The maximum atomic E-state index is 5.25. The molecule has 122 valence electrons. The van der Waals surface area contributed by atoms with Gasteiger partial charge in [-0.3, -0.25) is 0 Å². The summed E-state index contributed by atoms with van der Waals surface area (Å²) in [4.78, 5) is 9.17. The van der Waals surface area contributed by atoms with Crippen LogP contribution in [0.2, 0.25) is 0 Å². The highest BCUT2D eigenvalue weighted by molar-refractivity contribution is 7.80. The highest BCUT2D eigenvalue weighted by Crippen LogP contribution is 2.15. The van der Waals surface area contributed by atoms with Crippen molar-refractivity contribution in [1.82, 2.24) is 15.2 Å². The minimum absolute atomic E-state index is 0.616. The topological polar surface area (TPSA) is 52.7 Å². The van der Waals surface area contributed by atoms with Gasteiger partial charge in [0, 0.05) is 46.4 Å². The van der Waals surface area contributed by atoms with E-state index in [0.29, 0.717) is 5.11 Å². The van der Waals surface area contributed by atoms with Crippen LogP contribution in [0.15, 0.2) is 18.3 Å². The quantitative estimate of drug-likeness (QED) is 0.602. The molecule has 0 unspecified atom stereocenters. The number of nitrogens with one attached hydrogen (secondary N) is 2. The van der Waals surface area contributed by atoms with E-state index in [-0.39, 0.29) is 0 Å². The van der Waals surface area contributed by atoms with E-state index >= 15 is 0 Å². The van der Waals surface area contributed by atoms with Crippen LogP contribution in [-0.2, 0) is 4.74 Å². The summed E-state index contributed by atoms with van der Waals surface area (Å²) in [5.41, 5.74) is 0.905. The lowest BCUT2D eigenvalue weighted by Gasteiger charge is -2.33. The van der Waals surface area contributed by atoms with Crippen LogP contribution in [-0.4, -0.2) is 68.5 Å². The predicted octanol–water partition coefficient (Wildman–Crippen LogP) is 1.16. The fourth-order valence-corrected chi connectivity index (χ4v) is 2.50. The molecule has 7 heteroatoms. The summed E-state index contributed by atoms with van der Waals surface area (Å²) >= 11 is 5.25. The Kier molecular flexibility index (Phi) is 6.82. The summed E-state index contributed by atoms with van der Waals surface area (Å²) in [5.74, 6) is 1.03. The second-order valence-electron chi connectivity index (χ2n) is 5.42. The Labute approximate surface area is 137 Å². The SMILES string of the molecule is COCCCNC(=S)Nc1ccc(N2CCN(C)CC2)nc1. The lowest BCUT2D eigenvalue weighted by atomic mass is 10.3. The lowest BCUT2D eigenvalue weighted by Crippen LogP contribution is -2.44. The van der Waals surface area contributed by atoms with Gasteiger partial charge in [0.1, 0.15) is 5.82 Å². The molecule has 1 saturated heterocycles. The number of aromatic nitrogens is 1. The number of ether oxygens (including phenoxy) is 1. The summed E-state index contributed by atoms with van der Waals surface area (Å²) in [6.07, 6.45) is 2.76. The van der Waals surface area contributed by atoms with Gasteiger partial charge in [-0.2, -0.15) is 0 Å². The number of likely N-dealkylation sites (N-methyl/N-ethyl adjacent to an activating group) is 1. The average molecular weight is 323 g/mol. The summed E-state index contributed by atoms with van der Waals surface area (Å²) in [7, 11) is 3.85.